The number of rotatable bonds is 7. The first-order valence-corrected chi connectivity index (χ1v) is 9.07. The summed E-state index contributed by atoms with van der Waals surface area (Å²) in [6.07, 6.45) is 2.27. The Bertz CT molecular complexity index is 1150. The number of ether oxygens (including phenoxy) is 2. The van der Waals surface area contributed by atoms with Gasteiger partial charge in [-0.3, -0.25) is 4.79 Å². The number of nitrogens with zero attached hydrogens (tertiary/aromatic N) is 1. The van der Waals surface area contributed by atoms with E-state index in [0.29, 0.717) is 16.7 Å². The van der Waals surface area contributed by atoms with E-state index in [9.17, 15) is 23.5 Å². The Kier molecular flexibility index (Phi) is 6.15. The van der Waals surface area contributed by atoms with Crippen molar-refractivity contribution in [1.29, 1.82) is 0 Å². The predicted molar refractivity (Wildman–Crippen MR) is 106 cm³/mol. The number of aliphatic hydroxyl groups excluding tert-OH is 1. The van der Waals surface area contributed by atoms with E-state index in [1.165, 1.54) is 19.4 Å². The minimum absolute atomic E-state index is 0.0234. The summed E-state index contributed by atoms with van der Waals surface area (Å²) in [6.45, 7) is 1.62. The Balaban J connectivity index is 2.10. The number of benzene rings is 2. The number of hydrogen-bond donors (Lipinski definition) is 1. The van der Waals surface area contributed by atoms with Gasteiger partial charge in [0.1, 0.15) is 23.1 Å². The van der Waals surface area contributed by atoms with E-state index in [2.05, 4.69) is 4.74 Å². The molecule has 3 aromatic rings. The largest absolute Gasteiger partial charge is 0.507 e. The third-order valence-electron chi connectivity index (χ3n) is 4.46. The van der Waals surface area contributed by atoms with Crippen LogP contribution in [0.5, 0.6) is 5.75 Å². The molecule has 3 rings (SSSR count). The van der Waals surface area contributed by atoms with Crippen molar-refractivity contribution in [2.24, 2.45) is 0 Å². The van der Waals surface area contributed by atoms with Crippen LogP contribution in [0.4, 0.5) is 8.78 Å². The fourth-order valence-corrected chi connectivity index (χ4v) is 3.11. The van der Waals surface area contributed by atoms with Crippen molar-refractivity contribution in [2.75, 3.05) is 13.7 Å². The molecule has 0 spiro atoms. The average Bonchev–Trinajstić information content (AvgIpc) is 3.09. The lowest BCUT2D eigenvalue weighted by Crippen LogP contribution is -2.15. The van der Waals surface area contributed by atoms with Crippen molar-refractivity contribution in [1.82, 2.24) is 4.57 Å². The molecule has 0 atom stereocenters. The van der Waals surface area contributed by atoms with E-state index in [4.69, 9.17) is 4.74 Å². The maximum atomic E-state index is 14.1. The van der Waals surface area contributed by atoms with E-state index in [0.717, 1.165) is 18.2 Å². The Labute approximate surface area is 170 Å². The molecule has 0 bridgehead atoms. The number of methoxy groups -OCH3 is 1. The standard InChI is InChI=1S/C22H19F2NO5/c1-3-30-22(28)19(27)10-18(26)15-12-25(11-13-7-8-14(23)9-16(13)24)17-5-4-6-20(29-2)21(15)17/h4-10,12,26H,3,11H2,1-2H3. The van der Waals surface area contributed by atoms with Gasteiger partial charge < -0.3 is 19.1 Å². The molecule has 0 saturated carbocycles. The summed E-state index contributed by atoms with van der Waals surface area (Å²) in [5.41, 5.74) is 1.02. The van der Waals surface area contributed by atoms with Crippen molar-refractivity contribution in [2.45, 2.75) is 13.5 Å². The Hall–Kier alpha value is -3.68. The normalized spacial score (nSPS) is 11.5. The van der Waals surface area contributed by atoms with Crippen LogP contribution in [-0.4, -0.2) is 35.1 Å². The van der Waals surface area contributed by atoms with Gasteiger partial charge in [-0.1, -0.05) is 12.1 Å². The third kappa shape index (κ3) is 4.17. The number of aromatic nitrogens is 1. The van der Waals surface area contributed by atoms with Gasteiger partial charge >= 0.3 is 5.97 Å². The summed E-state index contributed by atoms with van der Waals surface area (Å²) >= 11 is 0. The molecule has 1 heterocycles. The first kappa shape index (κ1) is 21.0. The second-order valence-electron chi connectivity index (χ2n) is 6.38. The molecule has 0 aliphatic carbocycles. The number of esters is 1. The van der Waals surface area contributed by atoms with Crippen molar-refractivity contribution >= 4 is 28.4 Å². The molecule has 0 fully saturated rings. The Morgan fingerprint density at radius 3 is 2.63 bits per heavy atom. The molecule has 8 heteroatoms. The smallest absolute Gasteiger partial charge is 0.379 e. The number of halogens is 2. The number of carbonyl (C=O) groups excluding carboxylic acids is 2. The van der Waals surface area contributed by atoms with Gasteiger partial charge in [0.25, 0.3) is 5.78 Å². The van der Waals surface area contributed by atoms with Crippen LogP contribution in [0.25, 0.3) is 16.7 Å². The summed E-state index contributed by atoms with van der Waals surface area (Å²) in [7, 11) is 1.44. The van der Waals surface area contributed by atoms with Crippen LogP contribution < -0.4 is 4.74 Å². The zero-order chi connectivity index (χ0) is 21.8. The topological polar surface area (TPSA) is 77.8 Å². The number of fused-ring (bicyclic) bond motifs is 1. The van der Waals surface area contributed by atoms with Crippen LogP contribution in [-0.2, 0) is 20.9 Å². The molecule has 0 unspecified atom stereocenters. The quantitative estimate of drug-likeness (QED) is 0.273. The fourth-order valence-electron chi connectivity index (χ4n) is 3.11. The van der Waals surface area contributed by atoms with Crippen LogP contribution in [0, 0.1) is 11.6 Å². The maximum absolute atomic E-state index is 14.1. The molecule has 0 aliphatic rings. The van der Waals surface area contributed by atoms with Crippen molar-refractivity contribution < 1.29 is 33.0 Å². The number of aliphatic hydroxyl groups is 1. The number of hydrogen-bond acceptors (Lipinski definition) is 5. The van der Waals surface area contributed by atoms with Gasteiger partial charge in [-0.2, -0.15) is 0 Å². The molecule has 0 aliphatic heterocycles. The minimum atomic E-state index is -1.09. The lowest BCUT2D eigenvalue weighted by molar-refractivity contribution is -0.151. The van der Waals surface area contributed by atoms with Crippen LogP contribution in [0.3, 0.4) is 0 Å². The molecule has 30 heavy (non-hydrogen) atoms. The highest BCUT2D eigenvalue weighted by Gasteiger charge is 2.20. The highest BCUT2D eigenvalue weighted by atomic mass is 19.1. The highest BCUT2D eigenvalue weighted by molar-refractivity contribution is 6.39. The second kappa shape index (κ2) is 8.77. The van der Waals surface area contributed by atoms with Crippen LogP contribution in [0.2, 0.25) is 0 Å². The molecule has 0 radical (unpaired) electrons. The first-order chi connectivity index (χ1) is 14.3. The summed E-state index contributed by atoms with van der Waals surface area (Å²) in [5.74, 6) is -3.57. The summed E-state index contributed by atoms with van der Waals surface area (Å²) < 4.78 is 39.0. The van der Waals surface area contributed by atoms with Gasteiger partial charge in [0.15, 0.2) is 0 Å². The third-order valence-corrected chi connectivity index (χ3v) is 4.46. The van der Waals surface area contributed by atoms with E-state index in [1.807, 2.05) is 0 Å². The summed E-state index contributed by atoms with van der Waals surface area (Å²) in [4.78, 5) is 23.5. The zero-order valence-corrected chi connectivity index (χ0v) is 16.3. The second-order valence-corrected chi connectivity index (χ2v) is 6.38. The molecule has 0 amide bonds. The van der Waals surface area contributed by atoms with Crippen molar-refractivity contribution in [3.63, 3.8) is 0 Å². The van der Waals surface area contributed by atoms with Gasteiger partial charge in [0, 0.05) is 29.5 Å². The van der Waals surface area contributed by atoms with Gasteiger partial charge in [-0.15, -0.1) is 0 Å². The molecule has 1 N–H and O–H groups in total. The molecule has 156 valence electrons. The Morgan fingerprint density at radius 1 is 1.20 bits per heavy atom. The summed E-state index contributed by atoms with van der Waals surface area (Å²) in [6, 6.07) is 8.38. The Morgan fingerprint density at radius 2 is 1.97 bits per heavy atom. The van der Waals surface area contributed by atoms with Gasteiger partial charge in [-0.05, 0) is 25.1 Å². The van der Waals surface area contributed by atoms with E-state index in [-0.39, 0.29) is 24.3 Å². The van der Waals surface area contributed by atoms with Crippen LogP contribution in [0.15, 0.2) is 48.7 Å². The molecular formula is C22H19F2NO5. The van der Waals surface area contributed by atoms with Gasteiger partial charge in [0.05, 0.1) is 31.2 Å². The monoisotopic (exact) mass is 415 g/mol. The summed E-state index contributed by atoms with van der Waals surface area (Å²) in [5, 5.41) is 11.0. The molecule has 1 aromatic heterocycles. The van der Waals surface area contributed by atoms with E-state index < -0.39 is 29.1 Å². The first-order valence-electron chi connectivity index (χ1n) is 9.07. The van der Waals surface area contributed by atoms with Gasteiger partial charge in [-0.25, -0.2) is 13.6 Å². The molecular weight excluding hydrogens is 396 g/mol. The number of carbonyl (C=O) groups is 2. The van der Waals surface area contributed by atoms with Crippen molar-refractivity contribution in [3.05, 3.63) is 71.4 Å². The number of ketones is 1. The highest BCUT2D eigenvalue weighted by Crippen LogP contribution is 2.34. The lowest BCUT2D eigenvalue weighted by atomic mass is 10.1. The van der Waals surface area contributed by atoms with E-state index >= 15 is 0 Å². The van der Waals surface area contributed by atoms with Crippen LogP contribution >= 0.6 is 0 Å². The average molecular weight is 415 g/mol. The molecule has 0 saturated heterocycles. The predicted octanol–water partition coefficient (Wildman–Crippen LogP) is 4.01. The zero-order valence-electron chi connectivity index (χ0n) is 16.3. The lowest BCUT2D eigenvalue weighted by Gasteiger charge is -2.08. The maximum Gasteiger partial charge on any atom is 0.379 e. The molecule has 2 aromatic carbocycles. The van der Waals surface area contributed by atoms with E-state index in [1.54, 1.807) is 29.7 Å². The van der Waals surface area contributed by atoms with Gasteiger partial charge in [0.2, 0.25) is 0 Å². The molecule has 6 nitrogen and oxygen atoms in total. The fraction of sp³-hybridized carbons (Fsp3) is 0.182. The van der Waals surface area contributed by atoms with Crippen LogP contribution in [0.1, 0.15) is 18.1 Å². The SMILES string of the molecule is CCOC(=O)C(=O)C=C(O)c1cn(Cc2ccc(F)cc2F)c2cccc(OC)c12. The minimum Gasteiger partial charge on any atom is -0.507 e. The van der Waals surface area contributed by atoms with Crippen molar-refractivity contribution in [3.8, 4) is 5.75 Å².